The van der Waals surface area contributed by atoms with Crippen LogP contribution >= 0.6 is 0 Å². The fourth-order valence-electron chi connectivity index (χ4n) is 4.04. The van der Waals surface area contributed by atoms with Crippen LogP contribution in [0.4, 0.5) is 0 Å². The van der Waals surface area contributed by atoms with E-state index in [1.807, 2.05) is 0 Å². The summed E-state index contributed by atoms with van der Waals surface area (Å²) in [5.74, 6) is 1.05. The zero-order chi connectivity index (χ0) is 15.6. The van der Waals surface area contributed by atoms with Crippen molar-refractivity contribution in [3.8, 4) is 0 Å². The van der Waals surface area contributed by atoms with Gasteiger partial charge in [-0.1, -0.05) is 30.3 Å². The summed E-state index contributed by atoms with van der Waals surface area (Å²) >= 11 is 0. The van der Waals surface area contributed by atoms with E-state index in [1.54, 1.807) is 0 Å². The van der Waals surface area contributed by atoms with Crippen molar-refractivity contribution in [3.63, 3.8) is 0 Å². The molecule has 0 bridgehead atoms. The number of carbonyl (C=O) groups excluding carboxylic acids is 1. The molecule has 2 saturated heterocycles. The number of hydrogen-bond donors (Lipinski definition) is 1. The lowest BCUT2D eigenvalue weighted by molar-refractivity contribution is -0.129. The van der Waals surface area contributed by atoms with Crippen LogP contribution in [0.5, 0.6) is 0 Å². The minimum Gasteiger partial charge on any atom is -0.376 e. The van der Waals surface area contributed by atoms with Gasteiger partial charge in [0.2, 0.25) is 5.91 Å². The normalized spacial score (nSPS) is 31.4. The first-order valence-electron chi connectivity index (χ1n) is 8.98. The van der Waals surface area contributed by atoms with Gasteiger partial charge in [0.25, 0.3) is 0 Å². The van der Waals surface area contributed by atoms with Crippen LogP contribution in [0.2, 0.25) is 0 Å². The summed E-state index contributed by atoms with van der Waals surface area (Å²) in [5.41, 5.74) is 1.34. The molecule has 4 nitrogen and oxygen atoms in total. The monoisotopic (exact) mass is 314 g/mol. The minimum absolute atomic E-state index is 0.144. The Kier molecular flexibility index (Phi) is 4.36. The molecule has 1 saturated carbocycles. The fourth-order valence-corrected chi connectivity index (χ4v) is 4.04. The fraction of sp³-hybridized carbons (Fsp3) is 0.632. The molecule has 3 fully saturated rings. The number of nitrogens with one attached hydrogen (secondary N) is 1. The number of nitrogens with zero attached hydrogens (tertiary/aromatic N) is 1. The number of carbonyl (C=O) groups is 1. The summed E-state index contributed by atoms with van der Waals surface area (Å²) in [7, 11) is 0. The van der Waals surface area contributed by atoms with Crippen molar-refractivity contribution in [2.75, 3.05) is 19.7 Å². The van der Waals surface area contributed by atoms with Crippen molar-refractivity contribution in [1.29, 1.82) is 0 Å². The predicted molar refractivity (Wildman–Crippen MR) is 88.8 cm³/mol. The van der Waals surface area contributed by atoms with Crippen molar-refractivity contribution in [3.05, 3.63) is 35.9 Å². The Balaban J connectivity index is 1.45. The van der Waals surface area contributed by atoms with Crippen LogP contribution in [0.25, 0.3) is 0 Å². The number of benzene rings is 1. The smallest absolute Gasteiger partial charge is 0.223 e. The molecule has 0 aromatic heterocycles. The highest BCUT2D eigenvalue weighted by Crippen LogP contribution is 2.32. The Labute approximate surface area is 138 Å². The van der Waals surface area contributed by atoms with E-state index in [9.17, 15) is 4.79 Å². The van der Waals surface area contributed by atoms with E-state index in [0.29, 0.717) is 5.92 Å². The van der Waals surface area contributed by atoms with Crippen LogP contribution in [0.3, 0.4) is 0 Å². The van der Waals surface area contributed by atoms with Gasteiger partial charge in [0.05, 0.1) is 12.1 Å². The number of amides is 1. The largest absolute Gasteiger partial charge is 0.376 e. The maximum Gasteiger partial charge on any atom is 0.223 e. The molecule has 4 rings (SSSR count). The molecule has 0 unspecified atom stereocenters. The number of fused-ring (bicyclic) bond motifs is 1. The standard InChI is InChI=1S/C19H26N2O2/c22-19(15-8-9-15)20-17-13-21(11-14-5-2-1-3-6-14)12-16-7-4-10-23-18(16)17/h1-3,5-6,15-18H,4,7-13H2,(H,20,22)/t16-,17+,18-/m0/s1. The molecule has 1 N–H and O–H groups in total. The second-order valence-corrected chi connectivity index (χ2v) is 7.31. The van der Waals surface area contributed by atoms with E-state index >= 15 is 0 Å². The van der Waals surface area contributed by atoms with Crippen LogP contribution < -0.4 is 5.32 Å². The van der Waals surface area contributed by atoms with Gasteiger partial charge in [-0.15, -0.1) is 0 Å². The maximum absolute atomic E-state index is 12.2. The number of hydrogen-bond acceptors (Lipinski definition) is 3. The van der Waals surface area contributed by atoms with E-state index in [-0.39, 0.29) is 24.0 Å². The van der Waals surface area contributed by atoms with E-state index in [1.165, 1.54) is 12.0 Å². The molecule has 3 atom stereocenters. The van der Waals surface area contributed by atoms with Gasteiger partial charge in [0.1, 0.15) is 0 Å². The van der Waals surface area contributed by atoms with Gasteiger partial charge in [-0.2, -0.15) is 0 Å². The van der Waals surface area contributed by atoms with Gasteiger partial charge in [-0.05, 0) is 37.2 Å². The first kappa shape index (κ1) is 15.2. The summed E-state index contributed by atoms with van der Waals surface area (Å²) in [6.07, 6.45) is 4.68. The zero-order valence-electron chi connectivity index (χ0n) is 13.6. The first-order chi connectivity index (χ1) is 11.3. The molecule has 1 aromatic rings. The van der Waals surface area contributed by atoms with Crippen molar-refractivity contribution in [1.82, 2.24) is 10.2 Å². The lowest BCUT2D eigenvalue weighted by Gasteiger charge is -2.46. The zero-order valence-corrected chi connectivity index (χ0v) is 13.6. The molecule has 1 aliphatic carbocycles. The first-order valence-corrected chi connectivity index (χ1v) is 8.98. The molecule has 3 aliphatic rings. The van der Waals surface area contributed by atoms with Crippen LogP contribution in [0.15, 0.2) is 30.3 Å². The molecule has 2 aliphatic heterocycles. The molecular formula is C19H26N2O2. The van der Waals surface area contributed by atoms with Crippen molar-refractivity contribution >= 4 is 5.91 Å². The number of ether oxygens (including phenoxy) is 1. The molecule has 1 aromatic carbocycles. The molecule has 4 heteroatoms. The van der Waals surface area contributed by atoms with Crippen molar-refractivity contribution < 1.29 is 9.53 Å². The molecule has 0 radical (unpaired) electrons. The highest BCUT2D eigenvalue weighted by atomic mass is 16.5. The van der Waals surface area contributed by atoms with Crippen LogP contribution in [0, 0.1) is 11.8 Å². The van der Waals surface area contributed by atoms with E-state index in [2.05, 4.69) is 40.5 Å². The Bertz CT molecular complexity index is 544. The highest BCUT2D eigenvalue weighted by Gasteiger charge is 2.41. The molecule has 1 amide bonds. The van der Waals surface area contributed by atoms with Crippen LogP contribution in [-0.4, -0.2) is 42.6 Å². The third kappa shape index (κ3) is 3.59. The average molecular weight is 314 g/mol. The van der Waals surface area contributed by atoms with Gasteiger partial charge in [0.15, 0.2) is 0 Å². The quantitative estimate of drug-likeness (QED) is 0.926. The van der Waals surface area contributed by atoms with Crippen molar-refractivity contribution in [2.24, 2.45) is 11.8 Å². The van der Waals surface area contributed by atoms with Gasteiger partial charge < -0.3 is 10.1 Å². The Morgan fingerprint density at radius 3 is 2.78 bits per heavy atom. The molecule has 23 heavy (non-hydrogen) atoms. The molecule has 0 spiro atoms. The summed E-state index contributed by atoms with van der Waals surface area (Å²) in [5, 5.41) is 3.29. The van der Waals surface area contributed by atoms with Gasteiger partial charge >= 0.3 is 0 Å². The average Bonchev–Trinajstić information content (AvgIpc) is 3.41. The van der Waals surface area contributed by atoms with Crippen molar-refractivity contribution in [2.45, 2.75) is 44.4 Å². The molecule has 2 heterocycles. The summed E-state index contributed by atoms with van der Waals surface area (Å²) < 4.78 is 6.05. The SMILES string of the molecule is O=C(N[C@@H]1CN(Cc2ccccc2)C[C@@H]2CCCO[C@@H]21)C1CC1. The topological polar surface area (TPSA) is 41.6 Å². The van der Waals surface area contributed by atoms with Gasteiger partial charge in [-0.25, -0.2) is 0 Å². The van der Waals surface area contributed by atoms with E-state index in [0.717, 1.165) is 45.5 Å². The highest BCUT2D eigenvalue weighted by molar-refractivity contribution is 5.81. The lowest BCUT2D eigenvalue weighted by atomic mass is 9.85. The number of likely N-dealkylation sites (tertiary alicyclic amines) is 1. The Hall–Kier alpha value is -1.39. The number of piperidine rings is 1. The second-order valence-electron chi connectivity index (χ2n) is 7.31. The predicted octanol–water partition coefficient (Wildman–Crippen LogP) is 2.19. The summed E-state index contributed by atoms with van der Waals surface area (Å²) in [4.78, 5) is 14.7. The van der Waals surface area contributed by atoms with Crippen LogP contribution in [0.1, 0.15) is 31.2 Å². The summed E-state index contributed by atoms with van der Waals surface area (Å²) in [6, 6.07) is 10.8. The third-order valence-electron chi connectivity index (χ3n) is 5.36. The molecule has 124 valence electrons. The minimum atomic E-state index is 0.144. The molecular weight excluding hydrogens is 288 g/mol. The number of rotatable bonds is 4. The third-order valence-corrected chi connectivity index (χ3v) is 5.36. The summed E-state index contributed by atoms with van der Waals surface area (Å²) in [6.45, 7) is 3.78. The maximum atomic E-state index is 12.2. The van der Waals surface area contributed by atoms with E-state index in [4.69, 9.17) is 4.74 Å². The van der Waals surface area contributed by atoms with Crippen LogP contribution in [-0.2, 0) is 16.1 Å². The Morgan fingerprint density at radius 1 is 1.17 bits per heavy atom. The second kappa shape index (κ2) is 6.62. The Morgan fingerprint density at radius 2 is 2.00 bits per heavy atom. The van der Waals surface area contributed by atoms with Gasteiger partial charge in [0, 0.05) is 32.2 Å². The van der Waals surface area contributed by atoms with E-state index < -0.39 is 0 Å². The van der Waals surface area contributed by atoms with Gasteiger partial charge in [-0.3, -0.25) is 9.69 Å². The lowest BCUT2D eigenvalue weighted by Crippen LogP contribution is -2.61.